The van der Waals surface area contributed by atoms with Crippen molar-refractivity contribution in [2.24, 2.45) is 0 Å². The number of fused-ring (bicyclic) bond motifs is 3. The molecular formula is C19H17ClIN3O. The number of carbonyl (C=O) groups excluding carboxylic acids is 1. The first-order valence-corrected chi connectivity index (χ1v) is 9.83. The third-order valence-corrected chi connectivity index (χ3v) is 5.67. The van der Waals surface area contributed by atoms with Crippen LogP contribution in [0.2, 0.25) is 5.02 Å². The summed E-state index contributed by atoms with van der Waals surface area (Å²) in [6.07, 6.45) is 4.69. The van der Waals surface area contributed by atoms with Gasteiger partial charge in [0.1, 0.15) is 5.82 Å². The quantitative estimate of drug-likeness (QED) is 0.524. The van der Waals surface area contributed by atoms with Crippen LogP contribution < -0.4 is 5.32 Å². The van der Waals surface area contributed by atoms with Crippen molar-refractivity contribution < 1.29 is 4.79 Å². The van der Waals surface area contributed by atoms with Crippen molar-refractivity contribution in [1.82, 2.24) is 9.55 Å². The third kappa shape index (κ3) is 3.40. The van der Waals surface area contributed by atoms with Gasteiger partial charge < -0.3 is 9.88 Å². The van der Waals surface area contributed by atoms with Gasteiger partial charge >= 0.3 is 0 Å². The number of anilines is 1. The first-order valence-electron chi connectivity index (χ1n) is 8.37. The lowest BCUT2D eigenvalue weighted by Gasteiger charge is -2.08. The topological polar surface area (TPSA) is 46.9 Å². The molecule has 1 aliphatic heterocycles. The second-order valence-electron chi connectivity index (χ2n) is 6.27. The smallest absolute Gasteiger partial charge is 0.256 e. The highest BCUT2D eigenvalue weighted by Crippen LogP contribution is 2.25. The molecule has 0 unspecified atom stereocenters. The van der Waals surface area contributed by atoms with Gasteiger partial charge in [-0.3, -0.25) is 4.79 Å². The second-order valence-corrected chi connectivity index (χ2v) is 7.87. The number of aryl methyl sites for hydroxylation is 2. The average Bonchev–Trinajstić information content (AvgIpc) is 2.75. The number of carbonyl (C=O) groups is 1. The van der Waals surface area contributed by atoms with Gasteiger partial charge in [-0.25, -0.2) is 4.98 Å². The molecule has 6 heteroatoms. The van der Waals surface area contributed by atoms with Crippen LogP contribution in [0.5, 0.6) is 0 Å². The Hall–Kier alpha value is -1.60. The van der Waals surface area contributed by atoms with Crippen LogP contribution in [0.4, 0.5) is 5.69 Å². The Bertz CT molecular complexity index is 967. The van der Waals surface area contributed by atoms with E-state index in [0.29, 0.717) is 10.6 Å². The van der Waals surface area contributed by atoms with E-state index in [1.807, 2.05) is 12.1 Å². The Morgan fingerprint density at radius 1 is 1.16 bits per heavy atom. The lowest BCUT2D eigenvalue weighted by atomic mass is 10.2. The lowest BCUT2D eigenvalue weighted by molar-refractivity contribution is 0.102. The summed E-state index contributed by atoms with van der Waals surface area (Å²) in [4.78, 5) is 17.3. The summed E-state index contributed by atoms with van der Waals surface area (Å²) in [5, 5.41) is 3.59. The first-order chi connectivity index (χ1) is 12.1. The van der Waals surface area contributed by atoms with Crippen LogP contribution in [-0.2, 0) is 13.0 Å². The summed E-state index contributed by atoms with van der Waals surface area (Å²) in [6, 6.07) is 11.2. The number of halogens is 2. The molecule has 0 saturated carbocycles. The summed E-state index contributed by atoms with van der Waals surface area (Å²) < 4.78 is 3.15. The van der Waals surface area contributed by atoms with Gasteiger partial charge in [0.15, 0.2) is 0 Å². The molecule has 0 bridgehead atoms. The minimum absolute atomic E-state index is 0.138. The minimum Gasteiger partial charge on any atom is -0.328 e. The molecule has 4 nitrogen and oxygen atoms in total. The second kappa shape index (κ2) is 6.96. The highest BCUT2D eigenvalue weighted by atomic mass is 127. The zero-order chi connectivity index (χ0) is 17.4. The Balaban J connectivity index is 1.62. The van der Waals surface area contributed by atoms with Crippen molar-refractivity contribution >= 4 is 56.8 Å². The van der Waals surface area contributed by atoms with Gasteiger partial charge in [-0.2, -0.15) is 0 Å². The lowest BCUT2D eigenvalue weighted by Crippen LogP contribution is -2.13. The van der Waals surface area contributed by atoms with Gasteiger partial charge in [-0.05, 0) is 71.8 Å². The summed E-state index contributed by atoms with van der Waals surface area (Å²) in [6.45, 7) is 1.03. The molecule has 25 heavy (non-hydrogen) atoms. The maximum absolute atomic E-state index is 12.5. The Labute approximate surface area is 164 Å². The van der Waals surface area contributed by atoms with Crippen LogP contribution in [0.1, 0.15) is 35.4 Å². The number of hydrogen-bond donors (Lipinski definition) is 1. The Morgan fingerprint density at radius 3 is 2.88 bits per heavy atom. The molecule has 2 heterocycles. The number of imidazole rings is 1. The van der Waals surface area contributed by atoms with Crippen molar-refractivity contribution in [1.29, 1.82) is 0 Å². The summed E-state index contributed by atoms with van der Waals surface area (Å²) in [5.74, 6) is 1.02. The van der Waals surface area contributed by atoms with Crippen molar-refractivity contribution in [3.8, 4) is 0 Å². The van der Waals surface area contributed by atoms with E-state index >= 15 is 0 Å². The highest BCUT2D eigenvalue weighted by molar-refractivity contribution is 14.1. The molecule has 0 fully saturated rings. The molecule has 4 rings (SSSR count). The van der Waals surface area contributed by atoms with Gasteiger partial charge in [0, 0.05) is 27.2 Å². The molecule has 2 aromatic carbocycles. The van der Waals surface area contributed by atoms with Crippen LogP contribution in [-0.4, -0.2) is 15.5 Å². The molecule has 0 spiro atoms. The fraction of sp³-hybridized carbons (Fsp3) is 0.263. The average molecular weight is 466 g/mol. The maximum atomic E-state index is 12.5. The van der Waals surface area contributed by atoms with Gasteiger partial charge in [-0.1, -0.05) is 18.0 Å². The molecule has 0 atom stereocenters. The molecule has 1 aliphatic rings. The van der Waals surface area contributed by atoms with Crippen LogP contribution in [0.3, 0.4) is 0 Å². The molecule has 3 aromatic rings. The summed E-state index contributed by atoms with van der Waals surface area (Å²) >= 11 is 8.09. The molecule has 128 valence electrons. The van der Waals surface area contributed by atoms with E-state index in [9.17, 15) is 4.79 Å². The van der Waals surface area contributed by atoms with E-state index in [1.165, 1.54) is 19.3 Å². The largest absolute Gasteiger partial charge is 0.328 e. The van der Waals surface area contributed by atoms with E-state index in [0.717, 1.165) is 39.1 Å². The number of hydrogen-bond acceptors (Lipinski definition) is 2. The molecule has 1 N–H and O–H groups in total. The fourth-order valence-corrected chi connectivity index (χ4v) is 4.42. The van der Waals surface area contributed by atoms with E-state index in [1.54, 1.807) is 18.2 Å². The van der Waals surface area contributed by atoms with Crippen molar-refractivity contribution in [3.63, 3.8) is 0 Å². The predicted molar refractivity (Wildman–Crippen MR) is 109 cm³/mol. The number of nitrogens with one attached hydrogen (secondary N) is 1. The molecule has 1 amide bonds. The predicted octanol–water partition coefficient (Wildman–Crippen LogP) is 5.27. The number of benzene rings is 2. The molecule has 1 aromatic heterocycles. The van der Waals surface area contributed by atoms with Gasteiger partial charge in [0.2, 0.25) is 0 Å². The van der Waals surface area contributed by atoms with Gasteiger partial charge in [0.25, 0.3) is 5.91 Å². The van der Waals surface area contributed by atoms with Crippen molar-refractivity contribution in [2.45, 2.75) is 32.2 Å². The molecule has 0 saturated heterocycles. The Morgan fingerprint density at radius 2 is 2.04 bits per heavy atom. The summed E-state index contributed by atoms with van der Waals surface area (Å²) in [7, 11) is 0. The number of rotatable bonds is 2. The number of amides is 1. The van der Waals surface area contributed by atoms with E-state index < -0.39 is 0 Å². The third-order valence-electron chi connectivity index (χ3n) is 4.54. The van der Waals surface area contributed by atoms with Crippen molar-refractivity contribution in [2.75, 3.05) is 5.32 Å². The number of nitrogens with zero attached hydrogens (tertiary/aromatic N) is 2. The normalized spacial score (nSPS) is 14.2. The monoisotopic (exact) mass is 465 g/mol. The van der Waals surface area contributed by atoms with E-state index in [-0.39, 0.29) is 5.91 Å². The molecular weight excluding hydrogens is 449 g/mol. The van der Waals surface area contributed by atoms with E-state index in [2.05, 4.69) is 38.5 Å². The van der Waals surface area contributed by atoms with Crippen LogP contribution >= 0.6 is 34.2 Å². The number of aromatic nitrogens is 2. The zero-order valence-electron chi connectivity index (χ0n) is 13.6. The van der Waals surface area contributed by atoms with Gasteiger partial charge in [-0.15, -0.1) is 0 Å². The van der Waals surface area contributed by atoms with Crippen LogP contribution in [0.25, 0.3) is 11.0 Å². The van der Waals surface area contributed by atoms with E-state index in [4.69, 9.17) is 16.6 Å². The molecule has 0 aliphatic carbocycles. The first kappa shape index (κ1) is 16.8. The van der Waals surface area contributed by atoms with Crippen molar-refractivity contribution in [3.05, 3.63) is 56.4 Å². The SMILES string of the molecule is O=C(Nc1ccc2c(c1)nc1n2CCCCC1)c1ccc(Cl)cc1I. The Kier molecular flexibility index (Phi) is 4.69. The zero-order valence-corrected chi connectivity index (χ0v) is 16.5. The highest BCUT2D eigenvalue weighted by Gasteiger charge is 2.15. The summed E-state index contributed by atoms with van der Waals surface area (Å²) in [5.41, 5.74) is 3.47. The maximum Gasteiger partial charge on any atom is 0.256 e. The standard InChI is InChI=1S/C19H17ClIN3O/c20-12-5-7-14(15(21)10-12)19(25)22-13-6-8-17-16(11-13)23-18-4-2-1-3-9-24(17)18/h5-8,10-11H,1-4,9H2,(H,22,25). The van der Waals surface area contributed by atoms with Gasteiger partial charge in [0.05, 0.1) is 16.6 Å². The fourth-order valence-electron chi connectivity index (χ4n) is 3.30. The van der Waals surface area contributed by atoms with Crippen LogP contribution in [0.15, 0.2) is 36.4 Å². The minimum atomic E-state index is -0.138. The molecule has 0 radical (unpaired) electrons. The van der Waals surface area contributed by atoms with Crippen LogP contribution in [0, 0.1) is 3.57 Å².